The summed E-state index contributed by atoms with van der Waals surface area (Å²) in [5.41, 5.74) is 0. The van der Waals surface area contributed by atoms with Crippen LogP contribution < -0.4 is 10.6 Å². The third kappa shape index (κ3) is 3.77. The molecular weight excluding hydrogens is 242 g/mol. The second kappa shape index (κ2) is 6.22. The number of carbonyl (C=O) groups is 1. The number of hydrogen-bond acceptors (Lipinski definition) is 5. The molecule has 1 fully saturated rings. The Morgan fingerprint density at radius 3 is 3.38 bits per heavy atom. The molecule has 2 N–H and O–H groups in total. The summed E-state index contributed by atoms with van der Waals surface area (Å²) in [6.45, 7) is 2.14. The molecule has 1 unspecified atom stereocenters. The summed E-state index contributed by atoms with van der Waals surface area (Å²) in [5, 5.41) is 9.25. The molecular formula is C10H15N3OS2. The summed E-state index contributed by atoms with van der Waals surface area (Å²) in [6.07, 6.45) is 4.12. The number of nitrogens with zero attached hydrogens (tertiary/aromatic N) is 1. The molecule has 0 spiro atoms. The molecule has 2 rings (SSSR count). The van der Waals surface area contributed by atoms with Crippen molar-refractivity contribution in [2.75, 3.05) is 24.2 Å². The summed E-state index contributed by atoms with van der Waals surface area (Å²) in [6, 6.07) is 0. The van der Waals surface area contributed by atoms with Gasteiger partial charge in [-0.3, -0.25) is 4.79 Å². The van der Waals surface area contributed by atoms with E-state index in [0.717, 1.165) is 13.1 Å². The molecule has 0 bridgehead atoms. The average Bonchev–Trinajstić information content (AvgIpc) is 2.81. The molecule has 16 heavy (non-hydrogen) atoms. The van der Waals surface area contributed by atoms with E-state index < -0.39 is 0 Å². The summed E-state index contributed by atoms with van der Waals surface area (Å²) >= 11 is 3.18. The molecule has 2 heterocycles. The number of thioether (sulfide) groups is 1. The second-order valence-corrected chi connectivity index (χ2v) is 5.85. The van der Waals surface area contributed by atoms with Crippen molar-refractivity contribution in [3.63, 3.8) is 0 Å². The van der Waals surface area contributed by atoms with Crippen molar-refractivity contribution in [3.8, 4) is 0 Å². The minimum atomic E-state index is 0.0468. The van der Waals surface area contributed by atoms with E-state index >= 15 is 0 Å². The van der Waals surface area contributed by atoms with Gasteiger partial charge in [-0.1, -0.05) is 0 Å². The number of amides is 1. The quantitative estimate of drug-likeness (QED) is 0.859. The van der Waals surface area contributed by atoms with E-state index in [2.05, 4.69) is 15.6 Å². The molecule has 0 aromatic carbocycles. The number of piperidine rings is 1. The van der Waals surface area contributed by atoms with E-state index in [1.165, 1.54) is 24.2 Å². The van der Waals surface area contributed by atoms with Gasteiger partial charge in [0.1, 0.15) is 0 Å². The normalized spacial score (nSPS) is 20.6. The van der Waals surface area contributed by atoms with Crippen LogP contribution in [0.1, 0.15) is 12.8 Å². The number of rotatable bonds is 4. The number of anilines is 1. The molecule has 1 saturated heterocycles. The number of nitrogens with one attached hydrogen (secondary N) is 2. The standard InChI is InChI=1S/C10H15N3OS2/c14-9(13-10-12-4-5-15-10)7-16-8-2-1-3-11-6-8/h4-5,8,11H,1-3,6-7H2,(H,12,13,14). The topological polar surface area (TPSA) is 54.0 Å². The summed E-state index contributed by atoms with van der Waals surface area (Å²) in [5.74, 6) is 0.567. The first-order valence-corrected chi connectivity index (χ1v) is 7.29. The summed E-state index contributed by atoms with van der Waals surface area (Å²) in [4.78, 5) is 15.6. The van der Waals surface area contributed by atoms with E-state index in [4.69, 9.17) is 0 Å². The fraction of sp³-hybridized carbons (Fsp3) is 0.600. The first kappa shape index (κ1) is 11.9. The lowest BCUT2D eigenvalue weighted by Crippen LogP contribution is -2.32. The van der Waals surface area contributed by atoms with Crippen molar-refractivity contribution in [1.29, 1.82) is 0 Å². The van der Waals surface area contributed by atoms with Crippen molar-refractivity contribution >= 4 is 34.1 Å². The van der Waals surface area contributed by atoms with Gasteiger partial charge in [-0.25, -0.2) is 4.98 Å². The Bertz CT molecular complexity index is 323. The first-order chi connectivity index (χ1) is 7.84. The van der Waals surface area contributed by atoms with E-state index in [-0.39, 0.29) is 5.91 Å². The molecule has 0 saturated carbocycles. The van der Waals surface area contributed by atoms with E-state index in [1.807, 2.05) is 5.38 Å². The average molecular weight is 257 g/mol. The van der Waals surface area contributed by atoms with Crippen LogP contribution in [-0.2, 0) is 4.79 Å². The first-order valence-electron chi connectivity index (χ1n) is 5.36. The molecule has 1 aliphatic rings. The Hall–Kier alpha value is -0.590. The zero-order valence-corrected chi connectivity index (χ0v) is 10.6. The van der Waals surface area contributed by atoms with Gasteiger partial charge < -0.3 is 10.6 Å². The Kier molecular flexibility index (Phi) is 4.62. The van der Waals surface area contributed by atoms with Crippen LogP contribution in [0.4, 0.5) is 5.13 Å². The smallest absolute Gasteiger partial charge is 0.236 e. The molecule has 1 atom stereocenters. The lowest BCUT2D eigenvalue weighted by molar-refractivity contribution is -0.113. The van der Waals surface area contributed by atoms with Gasteiger partial charge >= 0.3 is 0 Å². The Morgan fingerprint density at radius 2 is 2.69 bits per heavy atom. The van der Waals surface area contributed by atoms with Crippen LogP contribution in [0.3, 0.4) is 0 Å². The molecule has 1 aromatic heterocycles. The van der Waals surface area contributed by atoms with Crippen LogP contribution in [-0.4, -0.2) is 35.0 Å². The summed E-state index contributed by atoms with van der Waals surface area (Å²) < 4.78 is 0. The molecule has 1 aromatic rings. The fourth-order valence-electron chi connectivity index (χ4n) is 1.60. The third-order valence-electron chi connectivity index (χ3n) is 2.38. The zero-order chi connectivity index (χ0) is 11.2. The van der Waals surface area contributed by atoms with Gasteiger partial charge in [0.25, 0.3) is 0 Å². The highest BCUT2D eigenvalue weighted by molar-refractivity contribution is 8.00. The van der Waals surface area contributed by atoms with Gasteiger partial charge in [-0.15, -0.1) is 23.1 Å². The number of aromatic nitrogens is 1. The van der Waals surface area contributed by atoms with Crippen LogP contribution in [0, 0.1) is 0 Å². The van der Waals surface area contributed by atoms with Crippen LogP contribution in [0.15, 0.2) is 11.6 Å². The predicted octanol–water partition coefficient (Wildman–Crippen LogP) is 1.57. The molecule has 0 radical (unpaired) electrons. The van der Waals surface area contributed by atoms with Gasteiger partial charge in [-0.2, -0.15) is 0 Å². The Labute approximate surface area is 103 Å². The largest absolute Gasteiger partial charge is 0.316 e. The highest BCUT2D eigenvalue weighted by Crippen LogP contribution is 2.19. The highest BCUT2D eigenvalue weighted by Gasteiger charge is 2.15. The maximum Gasteiger partial charge on any atom is 0.236 e. The lowest BCUT2D eigenvalue weighted by atomic mass is 10.2. The summed E-state index contributed by atoms with van der Waals surface area (Å²) in [7, 11) is 0. The maximum absolute atomic E-state index is 11.6. The number of thiazole rings is 1. The third-order valence-corrected chi connectivity index (χ3v) is 4.37. The van der Waals surface area contributed by atoms with Crippen LogP contribution in [0.5, 0.6) is 0 Å². The van der Waals surface area contributed by atoms with Gasteiger partial charge in [0, 0.05) is 23.4 Å². The predicted molar refractivity (Wildman–Crippen MR) is 69.1 cm³/mol. The van der Waals surface area contributed by atoms with Crippen LogP contribution in [0.2, 0.25) is 0 Å². The van der Waals surface area contributed by atoms with Crippen molar-refractivity contribution in [2.24, 2.45) is 0 Å². The minimum absolute atomic E-state index is 0.0468. The van der Waals surface area contributed by atoms with Crippen molar-refractivity contribution in [2.45, 2.75) is 18.1 Å². The van der Waals surface area contributed by atoms with Crippen LogP contribution >= 0.6 is 23.1 Å². The Morgan fingerprint density at radius 1 is 1.75 bits per heavy atom. The van der Waals surface area contributed by atoms with Gasteiger partial charge in [0.05, 0.1) is 5.75 Å². The fourth-order valence-corrected chi connectivity index (χ4v) is 3.17. The molecule has 6 heteroatoms. The number of carbonyl (C=O) groups excluding carboxylic acids is 1. The second-order valence-electron chi connectivity index (χ2n) is 3.66. The molecule has 0 aliphatic carbocycles. The molecule has 4 nitrogen and oxygen atoms in total. The zero-order valence-electron chi connectivity index (χ0n) is 8.94. The van der Waals surface area contributed by atoms with Gasteiger partial charge in [0.15, 0.2) is 5.13 Å². The SMILES string of the molecule is O=C(CSC1CCCNC1)Nc1nccs1. The van der Waals surface area contributed by atoms with E-state index in [9.17, 15) is 4.79 Å². The van der Waals surface area contributed by atoms with E-state index in [1.54, 1.807) is 18.0 Å². The van der Waals surface area contributed by atoms with Crippen molar-refractivity contribution < 1.29 is 4.79 Å². The molecule has 1 amide bonds. The monoisotopic (exact) mass is 257 g/mol. The van der Waals surface area contributed by atoms with Crippen LogP contribution in [0.25, 0.3) is 0 Å². The number of hydrogen-bond donors (Lipinski definition) is 2. The van der Waals surface area contributed by atoms with Crippen molar-refractivity contribution in [1.82, 2.24) is 10.3 Å². The maximum atomic E-state index is 11.6. The van der Waals surface area contributed by atoms with Gasteiger partial charge in [-0.05, 0) is 19.4 Å². The lowest BCUT2D eigenvalue weighted by Gasteiger charge is -2.21. The van der Waals surface area contributed by atoms with Gasteiger partial charge in [0.2, 0.25) is 5.91 Å². The molecule has 88 valence electrons. The highest BCUT2D eigenvalue weighted by atomic mass is 32.2. The minimum Gasteiger partial charge on any atom is -0.316 e. The van der Waals surface area contributed by atoms with E-state index in [0.29, 0.717) is 16.1 Å². The van der Waals surface area contributed by atoms with Crippen molar-refractivity contribution in [3.05, 3.63) is 11.6 Å². The molecule has 1 aliphatic heterocycles. The Balaban J connectivity index is 1.67.